The van der Waals surface area contributed by atoms with E-state index in [1.807, 2.05) is 6.92 Å². The number of rotatable bonds is 2. The van der Waals surface area contributed by atoms with Crippen molar-refractivity contribution < 1.29 is 39.2 Å². The van der Waals surface area contributed by atoms with Crippen molar-refractivity contribution in [2.45, 2.75) is 13.3 Å². The normalized spacial score (nSPS) is 8.69. The van der Waals surface area contributed by atoms with Crippen LogP contribution in [0.5, 0.6) is 0 Å². The summed E-state index contributed by atoms with van der Waals surface area (Å²) in [6, 6.07) is 5.99. The number of aryl methyl sites for hydroxylation is 1. The third kappa shape index (κ3) is 8.56. The van der Waals surface area contributed by atoms with E-state index in [-0.39, 0.29) is 76.2 Å². The zero-order chi connectivity index (χ0) is 9.19. The van der Waals surface area contributed by atoms with Gasteiger partial charge < -0.3 is 39.2 Å². The number of halogens is 2. The van der Waals surface area contributed by atoms with Crippen molar-refractivity contribution in [3.05, 3.63) is 29.8 Å². The molecule has 8 heteroatoms. The van der Waals surface area contributed by atoms with E-state index in [1.54, 1.807) is 12.1 Å². The zero-order valence-corrected chi connectivity index (χ0v) is 14.1. The van der Waals surface area contributed by atoms with Gasteiger partial charge in [0.2, 0.25) is 0 Å². The van der Waals surface area contributed by atoms with Gasteiger partial charge in [-0.2, -0.15) is 0 Å². The fourth-order valence-corrected chi connectivity index (χ4v) is 1.43. The first-order valence-corrected chi connectivity index (χ1v) is 5.20. The van der Waals surface area contributed by atoms with Gasteiger partial charge in [-0.3, -0.25) is 0 Å². The summed E-state index contributed by atoms with van der Waals surface area (Å²) in [5.74, 6) is 0. The molecule has 0 fully saturated rings. The minimum atomic E-state index is -4.55. The summed E-state index contributed by atoms with van der Waals surface area (Å²) in [6.07, 6.45) is 0.836. The second-order valence-corrected chi connectivity index (χ2v) is 4.03. The summed E-state index contributed by atoms with van der Waals surface area (Å²) >= 11 is 0. The standard InChI is InChI=1S/C8H11O3P.2ClH.2Mg/c1-2-7-3-5-8(6-4-7)12(9,10)11;;;;/h3-6H,2H2,1H3,(H2,9,10,11);2*1H;;/q;;;2*+2/p-4. The summed E-state index contributed by atoms with van der Waals surface area (Å²) in [4.78, 5) is 21.0. The summed E-state index contributed by atoms with van der Waals surface area (Å²) < 4.78 is 10.5. The van der Waals surface area contributed by atoms with Crippen molar-refractivity contribution in [2.75, 3.05) is 0 Å². The summed E-state index contributed by atoms with van der Waals surface area (Å²) in [5, 5.41) is -0.139. The molecular weight excluding hydrogens is 295 g/mol. The van der Waals surface area contributed by atoms with E-state index in [0.717, 1.165) is 12.0 Å². The van der Waals surface area contributed by atoms with Crippen LogP contribution in [0.15, 0.2) is 24.3 Å². The van der Waals surface area contributed by atoms with Crippen LogP contribution < -0.4 is 39.9 Å². The van der Waals surface area contributed by atoms with Crippen LogP contribution in [0, 0.1) is 0 Å². The van der Waals surface area contributed by atoms with Gasteiger partial charge >= 0.3 is 46.1 Å². The SMILES string of the molecule is CCc1ccc(P(=O)([O-])[O-])cc1.[Cl-].[Cl-].[Mg+2].[Mg+2]. The molecular formula is C8H9Cl2Mg2O3P. The predicted molar refractivity (Wildman–Crippen MR) is 54.6 cm³/mol. The Morgan fingerprint density at radius 3 is 1.69 bits per heavy atom. The maximum atomic E-state index is 10.5. The Morgan fingerprint density at radius 1 is 1.06 bits per heavy atom. The van der Waals surface area contributed by atoms with Crippen LogP contribution in [-0.2, 0) is 11.0 Å². The Bertz CT molecular complexity index is 316. The van der Waals surface area contributed by atoms with Gasteiger partial charge in [-0.05, 0) is 24.9 Å². The van der Waals surface area contributed by atoms with E-state index in [0.29, 0.717) is 0 Å². The minimum absolute atomic E-state index is 0. The first kappa shape index (κ1) is 26.1. The van der Waals surface area contributed by atoms with Gasteiger partial charge in [-0.15, -0.1) is 0 Å². The molecule has 3 nitrogen and oxygen atoms in total. The molecule has 1 rings (SSSR count). The van der Waals surface area contributed by atoms with Gasteiger partial charge in [-0.1, -0.05) is 31.2 Å². The van der Waals surface area contributed by atoms with E-state index >= 15 is 0 Å². The Labute approximate surface area is 140 Å². The Hall–Kier alpha value is 1.48. The third-order valence-corrected chi connectivity index (χ3v) is 2.59. The van der Waals surface area contributed by atoms with Crippen LogP contribution in [0.2, 0.25) is 0 Å². The Kier molecular flexibility index (Phi) is 18.9. The van der Waals surface area contributed by atoms with Gasteiger partial charge in [0.25, 0.3) is 0 Å². The maximum Gasteiger partial charge on any atom is 2.00 e. The van der Waals surface area contributed by atoms with Crippen molar-refractivity contribution in [1.82, 2.24) is 0 Å². The molecule has 0 amide bonds. The molecule has 0 radical (unpaired) electrons. The van der Waals surface area contributed by atoms with Crippen molar-refractivity contribution in [1.29, 1.82) is 0 Å². The molecule has 0 aromatic heterocycles. The molecule has 1 aromatic carbocycles. The molecule has 0 saturated heterocycles. The Balaban J connectivity index is -0.000000180. The van der Waals surface area contributed by atoms with Crippen LogP contribution in [0.3, 0.4) is 0 Å². The topological polar surface area (TPSA) is 63.2 Å². The van der Waals surface area contributed by atoms with Gasteiger partial charge in [0.15, 0.2) is 0 Å². The number of hydrogen-bond acceptors (Lipinski definition) is 3. The fourth-order valence-electron chi connectivity index (χ4n) is 0.914. The summed E-state index contributed by atoms with van der Waals surface area (Å²) in [7, 11) is -4.55. The maximum absolute atomic E-state index is 10.5. The molecule has 82 valence electrons. The second-order valence-electron chi connectivity index (χ2n) is 2.52. The average molecular weight is 304 g/mol. The zero-order valence-electron chi connectivity index (χ0n) is 8.86. The van der Waals surface area contributed by atoms with Gasteiger partial charge in [0, 0.05) is 0 Å². The first-order valence-electron chi connectivity index (χ1n) is 3.65. The molecule has 1 aromatic rings. The van der Waals surface area contributed by atoms with E-state index in [1.165, 1.54) is 12.1 Å². The van der Waals surface area contributed by atoms with E-state index in [4.69, 9.17) is 0 Å². The third-order valence-electron chi connectivity index (χ3n) is 1.66. The van der Waals surface area contributed by atoms with Crippen LogP contribution in [0.1, 0.15) is 12.5 Å². The molecule has 0 spiro atoms. The fraction of sp³-hybridized carbons (Fsp3) is 0.250. The predicted octanol–water partition coefficient (Wildman–Crippen LogP) is -6.97. The molecule has 16 heavy (non-hydrogen) atoms. The molecule has 0 atom stereocenters. The largest absolute Gasteiger partial charge is 2.00 e. The Morgan fingerprint density at radius 2 is 1.44 bits per heavy atom. The molecule has 0 heterocycles. The summed E-state index contributed by atoms with van der Waals surface area (Å²) in [5.41, 5.74) is 1.02. The molecule has 0 N–H and O–H groups in total. The van der Waals surface area contributed by atoms with Gasteiger partial charge in [0.05, 0.1) is 0 Å². The molecule has 0 unspecified atom stereocenters. The van der Waals surface area contributed by atoms with Crippen molar-refractivity contribution in [3.8, 4) is 0 Å². The van der Waals surface area contributed by atoms with E-state index < -0.39 is 7.60 Å². The van der Waals surface area contributed by atoms with E-state index in [2.05, 4.69) is 0 Å². The monoisotopic (exact) mass is 302 g/mol. The van der Waals surface area contributed by atoms with Crippen LogP contribution in [0.25, 0.3) is 0 Å². The second kappa shape index (κ2) is 11.6. The van der Waals surface area contributed by atoms with Crippen molar-refractivity contribution in [3.63, 3.8) is 0 Å². The number of benzene rings is 1. The van der Waals surface area contributed by atoms with Crippen LogP contribution in [0.4, 0.5) is 0 Å². The molecule has 0 aliphatic rings. The molecule has 0 aliphatic heterocycles. The summed E-state index contributed by atoms with van der Waals surface area (Å²) in [6.45, 7) is 1.96. The molecule has 0 aliphatic carbocycles. The first-order chi connectivity index (χ1) is 5.54. The van der Waals surface area contributed by atoms with Crippen molar-refractivity contribution in [2.24, 2.45) is 0 Å². The smallest absolute Gasteiger partial charge is 1.00 e. The van der Waals surface area contributed by atoms with Crippen LogP contribution in [-0.4, -0.2) is 46.1 Å². The van der Waals surface area contributed by atoms with Crippen molar-refractivity contribution >= 4 is 59.0 Å². The number of hydrogen-bond donors (Lipinski definition) is 0. The molecule has 0 bridgehead atoms. The van der Waals surface area contributed by atoms with Gasteiger partial charge in [-0.25, -0.2) is 0 Å². The molecule has 0 saturated carbocycles. The van der Waals surface area contributed by atoms with Crippen LogP contribution >= 0.6 is 7.60 Å². The average Bonchev–Trinajstić information content (AvgIpc) is 2.03. The van der Waals surface area contributed by atoms with E-state index in [9.17, 15) is 14.4 Å². The minimum Gasteiger partial charge on any atom is -1.00 e. The quantitative estimate of drug-likeness (QED) is 0.403. The van der Waals surface area contributed by atoms with Gasteiger partial charge in [0.1, 0.15) is 0 Å².